The van der Waals surface area contributed by atoms with Gasteiger partial charge in [0, 0.05) is 19.0 Å². The number of carbonyl (C=O) groups is 2. The summed E-state index contributed by atoms with van der Waals surface area (Å²) in [5.41, 5.74) is 1.78. The summed E-state index contributed by atoms with van der Waals surface area (Å²) < 4.78 is 7.06. The van der Waals surface area contributed by atoms with Gasteiger partial charge < -0.3 is 19.6 Å². The molecule has 2 N–H and O–H groups in total. The van der Waals surface area contributed by atoms with E-state index >= 15 is 0 Å². The van der Waals surface area contributed by atoms with Crippen molar-refractivity contribution in [3.63, 3.8) is 0 Å². The van der Waals surface area contributed by atoms with E-state index in [1.54, 1.807) is 12.1 Å². The number of imidazole rings is 1. The number of hydrogen-bond acceptors (Lipinski definition) is 4. The summed E-state index contributed by atoms with van der Waals surface area (Å²) in [4.78, 5) is 29.4. The van der Waals surface area contributed by atoms with Crippen molar-refractivity contribution in [2.45, 2.75) is 51.1 Å². The Morgan fingerprint density at radius 1 is 1.10 bits per heavy atom. The van der Waals surface area contributed by atoms with Gasteiger partial charge in [-0.2, -0.15) is 0 Å². The molecule has 0 radical (unpaired) electrons. The van der Waals surface area contributed by atoms with Crippen LogP contribution in [-0.4, -0.2) is 34.0 Å². The molecule has 152 valence electrons. The van der Waals surface area contributed by atoms with E-state index in [0.717, 1.165) is 29.7 Å². The summed E-state index contributed by atoms with van der Waals surface area (Å²) in [6.07, 6.45) is 7.73. The largest absolute Gasteiger partial charge is 0.459 e. The van der Waals surface area contributed by atoms with Crippen LogP contribution in [0.25, 0.3) is 11.0 Å². The van der Waals surface area contributed by atoms with Crippen molar-refractivity contribution in [3.05, 3.63) is 54.2 Å². The number of fused-ring (bicyclic) bond motifs is 1. The first-order valence-corrected chi connectivity index (χ1v) is 10.3. The molecule has 7 heteroatoms. The van der Waals surface area contributed by atoms with Gasteiger partial charge in [-0.15, -0.1) is 0 Å². The van der Waals surface area contributed by atoms with Crippen molar-refractivity contribution in [3.8, 4) is 0 Å². The van der Waals surface area contributed by atoms with Gasteiger partial charge in [-0.3, -0.25) is 9.59 Å². The molecule has 0 bridgehead atoms. The van der Waals surface area contributed by atoms with Crippen LogP contribution in [0.2, 0.25) is 0 Å². The number of rotatable bonds is 7. The molecular formula is C22H26N4O3. The van der Waals surface area contributed by atoms with Gasteiger partial charge in [-0.25, -0.2) is 4.98 Å². The Balaban J connectivity index is 1.43. The standard InChI is InChI=1S/C22H26N4O3/c27-21(24-16-7-2-1-3-8-16)15-26-18-10-5-4-9-17(18)25-20(26)12-13-23-22(28)19-11-6-14-29-19/h4-6,9-11,14,16H,1-3,7-8,12-13,15H2,(H,23,28)(H,24,27). The summed E-state index contributed by atoms with van der Waals surface area (Å²) in [5.74, 6) is 0.823. The molecule has 1 aliphatic carbocycles. The van der Waals surface area contributed by atoms with E-state index in [2.05, 4.69) is 15.6 Å². The van der Waals surface area contributed by atoms with Crippen molar-refractivity contribution in [1.82, 2.24) is 20.2 Å². The van der Waals surface area contributed by atoms with E-state index in [1.807, 2.05) is 28.8 Å². The second-order valence-electron chi connectivity index (χ2n) is 7.49. The van der Waals surface area contributed by atoms with Crippen LogP contribution in [0.1, 0.15) is 48.5 Å². The van der Waals surface area contributed by atoms with E-state index < -0.39 is 0 Å². The monoisotopic (exact) mass is 394 g/mol. The number of para-hydroxylation sites is 2. The third kappa shape index (κ3) is 4.67. The second kappa shape index (κ2) is 8.94. The number of carbonyl (C=O) groups excluding carboxylic acids is 2. The number of amides is 2. The molecule has 1 fully saturated rings. The smallest absolute Gasteiger partial charge is 0.286 e. The van der Waals surface area contributed by atoms with E-state index in [9.17, 15) is 9.59 Å². The molecule has 0 saturated heterocycles. The Morgan fingerprint density at radius 3 is 2.72 bits per heavy atom. The van der Waals surface area contributed by atoms with Gasteiger partial charge in [0.15, 0.2) is 5.76 Å². The number of aromatic nitrogens is 2. The van der Waals surface area contributed by atoms with Crippen molar-refractivity contribution in [2.75, 3.05) is 6.54 Å². The lowest BCUT2D eigenvalue weighted by molar-refractivity contribution is -0.122. The molecule has 0 unspecified atom stereocenters. The maximum absolute atomic E-state index is 12.7. The number of nitrogens with one attached hydrogen (secondary N) is 2. The molecular weight excluding hydrogens is 368 g/mol. The fourth-order valence-corrected chi connectivity index (χ4v) is 3.94. The summed E-state index contributed by atoms with van der Waals surface area (Å²) in [5, 5.41) is 6.01. The van der Waals surface area contributed by atoms with Gasteiger partial charge in [0.05, 0.1) is 17.3 Å². The number of hydrogen-bond donors (Lipinski definition) is 2. The highest BCUT2D eigenvalue weighted by Crippen LogP contribution is 2.19. The minimum atomic E-state index is -0.257. The topological polar surface area (TPSA) is 89.2 Å². The van der Waals surface area contributed by atoms with Crippen LogP contribution in [0.4, 0.5) is 0 Å². The fourth-order valence-electron chi connectivity index (χ4n) is 3.94. The van der Waals surface area contributed by atoms with Crippen molar-refractivity contribution in [2.24, 2.45) is 0 Å². The Labute approximate surface area is 169 Å². The van der Waals surface area contributed by atoms with E-state index in [0.29, 0.717) is 13.0 Å². The maximum atomic E-state index is 12.7. The van der Waals surface area contributed by atoms with Crippen molar-refractivity contribution >= 4 is 22.8 Å². The minimum absolute atomic E-state index is 0.0147. The van der Waals surface area contributed by atoms with Gasteiger partial charge in [0.2, 0.25) is 5.91 Å². The Hall–Kier alpha value is -3.09. The third-order valence-corrected chi connectivity index (χ3v) is 5.38. The molecule has 2 heterocycles. The molecule has 0 spiro atoms. The van der Waals surface area contributed by atoms with Gasteiger partial charge in [-0.05, 0) is 37.1 Å². The quantitative estimate of drug-likeness (QED) is 0.645. The van der Waals surface area contributed by atoms with Crippen LogP contribution in [-0.2, 0) is 17.8 Å². The predicted octanol–water partition coefficient (Wildman–Crippen LogP) is 3.05. The van der Waals surface area contributed by atoms with Gasteiger partial charge in [0.1, 0.15) is 12.4 Å². The lowest BCUT2D eigenvalue weighted by Crippen LogP contribution is -2.38. The van der Waals surface area contributed by atoms with Crippen LogP contribution in [0.15, 0.2) is 47.1 Å². The molecule has 1 saturated carbocycles. The lowest BCUT2D eigenvalue weighted by atomic mass is 9.95. The minimum Gasteiger partial charge on any atom is -0.459 e. The predicted molar refractivity (Wildman–Crippen MR) is 109 cm³/mol. The van der Waals surface area contributed by atoms with E-state index in [1.165, 1.54) is 25.5 Å². The molecule has 0 atom stereocenters. The van der Waals surface area contributed by atoms with Crippen LogP contribution in [0.3, 0.4) is 0 Å². The number of furan rings is 1. The number of benzene rings is 1. The highest BCUT2D eigenvalue weighted by Gasteiger charge is 2.18. The first kappa shape index (κ1) is 19.2. The maximum Gasteiger partial charge on any atom is 0.286 e. The molecule has 1 aliphatic rings. The molecule has 0 aliphatic heterocycles. The average Bonchev–Trinajstić information content (AvgIpc) is 3.38. The average molecular weight is 394 g/mol. The first-order valence-electron chi connectivity index (χ1n) is 10.3. The zero-order chi connectivity index (χ0) is 20.1. The first-order chi connectivity index (χ1) is 14.2. The normalized spacial score (nSPS) is 14.8. The van der Waals surface area contributed by atoms with Crippen LogP contribution in [0.5, 0.6) is 0 Å². The molecule has 2 amide bonds. The van der Waals surface area contributed by atoms with Crippen LogP contribution in [0, 0.1) is 0 Å². The summed E-state index contributed by atoms with van der Waals surface area (Å²) in [6.45, 7) is 0.644. The Kier molecular flexibility index (Phi) is 5.93. The fraction of sp³-hybridized carbons (Fsp3) is 0.409. The SMILES string of the molecule is O=C(Cn1c(CCNC(=O)c2ccco2)nc2ccccc21)NC1CCCCC1. The Morgan fingerprint density at radius 2 is 1.93 bits per heavy atom. The van der Waals surface area contributed by atoms with Gasteiger partial charge in [-0.1, -0.05) is 31.4 Å². The molecule has 29 heavy (non-hydrogen) atoms. The van der Waals surface area contributed by atoms with E-state index in [-0.39, 0.29) is 30.2 Å². The van der Waals surface area contributed by atoms with Crippen LogP contribution < -0.4 is 10.6 Å². The van der Waals surface area contributed by atoms with Crippen LogP contribution >= 0.6 is 0 Å². The zero-order valence-corrected chi connectivity index (χ0v) is 16.4. The second-order valence-corrected chi connectivity index (χ2v) is 7.49. The molecule has 1 aromatic carbocycles. The van der Waals surface area contributed by atoms with Crippen molar-refractivity contribution < 1.29 is 14.0 Å². The third-order valence-electron chi connectivity index (χ3n) is 5.38. The molecule has 7 nitrogen and oxygen atoms in total. The lowest BCUT2D eigenvalue weighted by Gasteiger charge is -2.23. The summed E-state index contributed by atoms with van der Waals surface area (Å²) in [7, 11) is 0. The number of nitrogens with zero attached hydrogens (tertiary/aromatic N) is 2. The molecule has 4 rings (SSSR count). The highest BCUT2D eigenvalue weighted by molar-refractivity contribution is 5.91. The van der Waals surface area contributed by atoms with Gasteiger partial charge >= 0.3 is 0 Å². The summed E-state index contributed by atoms with van der Waals surface area (Å²) in [6, 6.07) is 11.4. The van der Waals surface area contributed by atoms with E-state index in [4.69, 9.17) is 4.42 Å². The summed E-state index contributed by atoms with van der Waals surface area (Å²) >= 11 is 0. The zero-order valence-electron chi connectivity index (χ0n) is 16.4. The molecule has 3 aromatic rings. The molecule has 2 aromatic heterocycles. The van der Waals surface area contributed by atoms with Crippen molar-refractivity contribution in [1.29, 1.82) is 0 Å². The van der Waals surface area contributed by atoms with Gasteiger partial charge in [0.25, 0.3) is 5.91 Å². The Bertz CT molecular complexity index is 971. The highest BCUT2D eigenvalue weighted by atomic mass is 16.3.